The van der Waals surface area contributed by atoms with E-state index >= 15 is 0 Å². The molecule has 0 atom stereocenters. The lowest BCUT2D eigenvalue weighted by Crippen LogP contribution is -2.19. The molecule has 3 nitrogen and oxygen atoms in total. The molecule has 1 aromatic heterocycles. The third-order valence-electron chi connectivity index (χ3n) is 4.04. The summed E-state index contributed by atoms with van der Waals surface area (Å²) in [6, 6.07) is 5.97. The van der Waals surface area contributed by atoms with Gasteiger partial charge in [-0.3, -0.25) is 4.79 Å². The Hall–Kier alpha value is -1.42. The van der Waals surface area contributed by atoms with E-state index in [0.29, 0.717) is 5.92 Å². The van der Waals surface area contributed by atoms with Gasteiger partial charge in [-0.25, -0.2) is 4.98 Å². The highest BCUT2D eigenvalue weighted by Gasteiger charge is 2.51. The highest BCUT2D eigenvalue weighted by atomic mass is 32.1. The first-order chi connectivity index (χ1) is 8.69. The minimum Gasteiger partial charge on any atom is -0.481 e. The molecule has 1 N–H and O–H groups in total. The van der Waals surface area contributed by atoms with Crippen LogP contribution in [-0.4, -0.2) is 16.1 Å². The fraction of sp³-hybridized carbons (Fsp3) is 0.429. The van der Waals surface area contributed by atoms with Crippen molar-refractivity contribution >= 4 is 27.5 Å². The second-order valence-corrected chi connectivity index (χ2v) is 6.46. The monoisotopic (exact) mass is 259 g/mol. The molecule has 0 spiro atoms. The van der Waals surface area contributed by atoms with Crippen molar-refractivity contribution in [2.45, 2.75) is 37.0 Å². The summed E-state index contributed by atoms with van der Waals surface area (Å²) in [6.07, 6.45) is 4.04. The van der Waals surface area contributed by atoms with E-state index < -0.39 is 11.4 Å². The van der Waals surface area contributed by atoms with E-state index in [0.717, 1.165) is 28.6 Å². The molecule has 18 heavy (non-hydrogen) atoms. The average Bonchev–Trinajstić information content (AvgIpc) is 3.23. The van der Waals surface area contributed by atoms with Gasteiger partial charge in [0.1, 0.15) is 0 Å². The van der Waals surface area contributed by atoms with E-state index in [-0.39, 0.29) is 0 Å². The normalized spacial score (nSPS) is 21.1. The van der Waals surface area contributed by atoms with Crippen LogP contribution in [0.2, 0.25) is 0 Å². The van der Waals surface area contributed by atoms with Crippen LogP contribution in [0.4, 0.5) is 0 Å². The summed E-state index contributed by atoms with van der Waals surface area (Å²) in [4.78, 5) is 16.0. The van der Waals surface area contributed by atoms with E-state index in [1.54, 1.807) is 11.3 Å². The molecular formula is C14H13NO2S. The Morgan fingerprint density at radius 1 is 1.39 bits per heavy atom. The van der Waals surface area contributed by atoms with Crippen molar-refractivity contribution in [2.75, 3.05) is 0 Å². The van der Waals surface area contributed by atoms with E-state index in [1.807, 2.05) is 18.2 Å². The number of nitrogens with zero attached hydrogens (tertiary/aromatic N) is 1. The smallest absolute Gasteiger partial charge is 0.314 e. The van der Waals surface area contributed by atoms with Crippen molar-refractivity contribution in [3.63, 3.8) is 0 Å². The molecule has 0 saturated heterocycles. The molecule has 4 rings (SSSR count). The first-order valence-corrected chi connectivity index (χ1v) is 7.15. The van der Waals surface area contributed by atoms with Gasteiger partial charge in [-0.2, -0.15) is 0 Å². The van der Waals surface area contributed by atoms with Gasteiger partial charge in [0.05, 0.1) is 20.6 Å². The molecule has 2 aliphatic carbocycles. The van der Waals surface area contributed by atoms with Crippen LogP contribution < -0.4 is 0 Å². The number of thiazole rings is 1. The zero-order chi connectivity index (χ0) is 12.3. The molecule has 0 bridgehead atoms. The molecule has 2 saturated carbocycles. The SMILES string of the molecule is O=C(O)C1(c2ccc3nc(C4CC4)sc3c2)CC1. The van der Waals surface area contributed by atoms with Crippen LogP contribution in [0.3, 0.4) is 0 Å². The Labute approximate surface area is 108 Å². The Bertz CT molecular complexity index is 653. The van der Waals surface area contributed by atoms with Crippen LogP contribution in [0.15, 0.2) is 18.2 Å². The number of carbonyl (C=O) groups is 1. The van der Waals surface area contributed by atoms with Gasteiger partial charge < -0.3 is 5.11 Å². The summed E-state index contributed by atoms with van der Waals surface area (Å²) < 4.78 is 1.14. The Kier molecular flexibility index (Phi) is 1.94. The average molecular weight is 259 g/mol. The third-order valence-corrected chi connectivity index (χ3v) is 5.22. The van der Waals surface area contributed by atoms with Gasteiger partial charge >= 0.3 is 5.97 Å². The lowest BCUT2D eigenvalue weighted by atomic mass is 9.96. The number of hydrogen-bond acceptors (Lipinski definition) is 3. The number of aromatic nitrogens is 1. The summed E-state index contributed by atoms with van der Waals surface area (Å²) in [5, 5.41) is 10.5. The molecular weight excluding hydrogens is 246 g/mol. The Balaban J connectivity index is 1.81. The number of carboxylic acid groups (broad SMARTS) is 1. The molecule has 0 unspecified atom stereocenters. The molecule has 0 amide bonds. The molecule has 1 aromatic carbocycles. The van der Waals surface area contributed by atoms with Crippen molar-refractivity contribution in [3.05, 3.63) is 28.8 Å². The van der Waals surface area contributed by atoms with Crippen LogP contribution in [0, 0.1) is 0 Å². The molecule has 0 aliphatic heterocycles. The van der Waals surface area contributed by atoms with Crippen LogP contribution >= 0.6 is 11.3 Å². The van der Waals surface area contributed by atoms with Gasteiger partial charge in [0.15, 0.2) is 0 Å². The van der Waals surface area contributed by atoms with Crippen LogP contribution in [-0.2, 0) is 10.2 Å². The first-order valence-electron chi connectivity index (χ1n) is 6.33. The van der Waals surface area contributed by atoms with E-state index in [4.69, 9.17) is 0 Å². The minimum atomic E-state index is -0.686. The summed E-state index contributed by atoms with van der Waals surface area (Å²) >= 11 is 1.73. The van der Waals surface area contributed by atoms with E-state index in [9.17, 15) is 9.90 Å². The molecule has 2 fully saturated rings. The van der Waals surface area contributed by atoms with Gasteiger partial charge in [-0.1, -0.05) is 6.07 Å². The largest absolute Gasteiger partial charge is 0.481 e. The number of aliphatic carboxylic acids is 1. The predicted molar refractivity (Wildman–Crippen MR) is 70.1 cm³/mol. The molecule has 2 aliphatic rings. The maximum atomic E-state index is 11.3. The maximum absolute atomic E-state index is 11.3. The lowest BCUT2D eigenvalue weighted by molar-refractivity contribution is -0.140. The zero-order valence-corrected chi connectivity index (χ0v) is 10.7. The topological polar surface area (TPSA) is 50.2 Å². The first kappa shape index (κ1) is 10.5. The fourth-order valence-corrected chi connectivity index (χ4v) is 3.67. The van der Waals surface area contributed by atoms with E-state index in [1.165, 1.54) is 17.8 Å². The number of hydrogen-bond donors (Lipinski definition) is 1. The van der Waals surface area contributed by atoms with Gasteiger partial charge in [-0.15, -0.1) is 11.3 Å². The second kappa shape index (κ2) is 3.32. The van der Waals surface area contributed by atoms with Gasteiger partial charge in [0.25, 0.3) is 0 Å². The van der Waals surface area contributed by atoms with Crippen molar-refractivity contribution in [3.8, 4) is 0 Å². The molecule has 1 heterocycles. The fourth-order valence-electron chi connectivity index (χ4n) is 2.50. The predicted octanol–water partition coefficient (Wildman–Crippen LogP) is 3.29. The quantitative estimate of drug-likeness (QED) is 0.920. The molecule has 2 aromatic rings. The highest BCUT2D eigenvalue weighted by molar-refractivity contribution is 7.18. The summed E-state index contributed by atoms with van der Waals surface area (Å²) in [7, 11) is 0. The zero-order valence-electron chi connectivity index (χ0n) is 9.85. The van der Waals surface area contributed by atoms with Crippen molar-refractivity contribution < 1.29 is 9.90 Å². The number of carboxylic acids is 1. The summed E-state index contributed by atoms with van der Waals surface area (Å²) in [5.74, 6) is -0.0195. The molecule has 0 radical (unpaired) electrons. The maximum Gasteiger partial charge on any atom is 0.314 e. The molecule has 4 heteroatoms. The highest BCUT2D eigenvalue weighted by Crippen LogP contribution is 2.50. The number of fused-ring (bicyclic) bond motifs is 1. The summed E-state index contributed by atoms with van der Waals surface area (Å²) in [6.45, 7) is 0. The number of rotatable bonds is 3. The minimum absolute atomic E-state index is 0.599. The Morgan fingerprint density at radius 3 is 2.78 bits per heavy atom. The van der Waals surface area contributed by atoms with Crippen molar-refractivity contribution in [1.82, 2.24) is 4.98 Å². The van der Waals surface area contributed by atoms with Crippen molar-refractivity contribution in [1.29, 1.82) is 0 Å². The van der Waals surface area contributed by atoms with Crippen LogP contribution in [0.1, 0.15) is 42.2 Å². The van der Waals surface area contributed by atoms with Crippen LogP contribution in [0.25, 0.3) is 10.2 Å². The van der Waals surface area contributed by atoms with Gasteiger partial charge in [0, 0.05) is 5.92 Å². The summed E-state index contributed by atoms with van der Waals surface area (Å²) in [5.41, 5.74) is 1.37. The van der Waals surface area contributed by atoms with Crippen LogP contribution in [0.5, 0.6) is 0 Å². The second-order valence-electron chi connectivity index (χ2n) is 5.40. The standard InChI is InChI=1S/C14H13NO2S/c16-13(17)14(5-6-14)9-3-4-10-11(7-9)18-12(15-10)8-1-2-8/h3-4,7-8H,1-2,5-6H2,(H,16,17). The Morgan fingerprint density at radius 2 is 2.17 bits per heavy atom. The van der Waals surface area contributed by atoms with Gasteiger partial charge in [0.2, 0.25) is 0 Å². The lowest BCUT2D eigenvalue weighted by Gasteiger charge is -2.09. The number of benzene rings is 1. The third kappa shape index (κ3) is 1.42. The van der Waals surface area contributed by atoms with Crippen molar-refractivity contribution in [2.24, 2.45) is 0 Å². The molecule has 92 valence electrons. The van der Waals surface area contributed by atoms with Gasteiger partial charge in [-0.05, 0) is 43.4 Å². The van der Waals surface area contributed by atoms with E-state index in [2.05, 4.69) is 4.98 Å².